The maximum absolute atomic E-state index is 8.86. The highest BCUT2D eigenvalue weighted by Gasteiger charge is 2.21. The van der Waals surface area contributed by atoms with E-state index in [9.17, 15) is 0 Å². The van der Waals surface area contributed by atoms with E-state index < -0.39 is 0 Å². The van der Waals surface area contributed by atoms with Crippen molar-refractivity contribution in [1.82, 2.24) is 14.9 Å². The fourth-order valence-electron chi connectivity index (χ4n) is 2.22. The average molecular weight is 231 g/mol. The fourth-order valence-corrected chi connectivity index (χ4v) is 2.22. The number of rotatable bonds is 1. The molecular formula is C12H17N5. The first kappa shape index (κ1) is 11.8. The minimum Gasteiger partial charge on any atom is -0.337 e. The minimum absolute atomic E-state index is 0.372. The Morgan fingerprint density at radius 3 is 3.06 bits per heavy atom. The number of anilines is 1. The molecule has 0 aromatic carbocycles. The van der Waals surface area contributed by atoms with Gasteiger partial charge < -0.3 is 9.80 Å². The van der Waals surface area contributed by atoms with Gasteiger partial charge in [-0.2, -0.15) is 5.26 Å². The predicted octanol–water partition coefficient (Wildman–Crippen LogP) is 0.879. The van der Waals surface area contributed by atoms with Crippen LogP contribution in [0.25, 0.3) is 0 Å². The molecule has 1 atom stereocenters. The van der Waals surface area contributed by atoms with Crippen LogP contribution in [-0.4, -0.2) is 47.6 Å². The van der Waals surface area contributed by atoms with Crippen LogP contribution >= 0.6 is 0 Å². The Morgan fingerprint density at radius 2 is 2.29 bits per heavy atom. The van der Waals surface area contributed by atoms with Crippen LogP contribution in [0.4, 0.5) is 5.95 Å². The number of hydrogen-bond donors (Lipinski definition) is 0. The molecule has 2 heterocycles. The molecule has 1 saturated heterocycles. The number of nitriles is 1. The van der Waals surface area contributed by atoms with E-state index in [0.29, 0.717) is 17.7 Å². The van der Waals surface area contributed by atoms with Crippen LogP contribution in [0.2, 0.25) is 0 Å². The Bertz CT molecular complexity index is 425. The van der Waals surface area contributed by atoms with Gasteiger partial charge in [-0.1, -0.05) is 0 Å². The molecule has 1 fully saturated rings. The standard InChI is InChI=1S/C12H17N5/c1-10-9-16(2)6-3-7-17(10)12-14-5-4-11(8-13)15-12/h4-5,10H,3,6-7,9H2,1-2H3. The van der Waals surface area contributed by atoms with E-state index in [1.165, 1.54) is 0 Å². The van der Waals surface area contributed by atoms with Crippen LogP contribution < -0.4 is 4.90 Å². The zero-order valence-electron chi connectivity index (χ0n) is 10.3. The summed E-state index contributed by atoms with van der Waals surface area (Å²) in [7, 11) is 2.13. The van der Waals surface area contributed by atoms with Gasteiger partial charge in [-0.15, -0.1) is 0 Å². The lowest BCUT2D eigenvalue weighted by molar-refractivity contribution is 0.337. The summed E-state index contributed by atoms with van der Waals surface area (Å²) in [4.78, 5) is 13.0. The van der Waals surface area contributed by atoms with Crippen LogP contribution in [0.15, 0.2) is 12.3 Å². The summed E-state index contributed by atoms with van der Waals surface area (Å²) in [5.41, 5.74) is 0.430. The van der Waals surface area contributed by atoms with Crippen molar-refractivity contribution in [2.75, 3.05) is 31.6 Å². The van der Waals surface area contributed by atoms with Gasteiger partial charge in [0.25, 0.3) is 0 Å². The zero-order valence-corrected chi connectivity index (χ0v) is 10.3. The summed E-state index contributed by atoms with van der Waals surface area (Å²) in [6.07, 6.45) is 2.75. The highest BCUT2D eigenvalue weighted by Crippen LogP contribution is 2.15. The minimum atomic E-state index is 0.372. The first-order chi connectivity index (χ1) is 8.20. The van der Waals surface area contributed by atoms with Crippen LogP contribution in [-0.2, 0) is 0 Å². The molecule has 1 aliphatic rings. The third kappa shape index (κ3) is 2.71. The Hall–Kier alpha value is -1.67. The smallest absolute Gasteiger partial charge is 0.226 e. The molecule has 0 saturated carbocycles. The second-order valence-electron chi connectivity index (χ2n) is 4.51. The first-order valence-electron chi connectivity index (χ1n) is 5.89. The third-order valence-electron chi connectivity index (χ3n) is 3.06. The Labute approximate surface area is 102 Å². The van der Waals surface area contributed by atoms with Crippen LogP contribution in [0.1, 0.15) is 19.0 Å². The molecule has 0 bridgehead atoms. The first-order valence-corrected chi connectivity index (χ1v) is 5.89. The second kappa shape index (κ2) is 5.11. The van der Waals surface area contributed by atoms with Crippen LogP contribution in [0.5, 0.6) is 0 Å². The molecule has 0 amide bonds. The highest BCUT2D eigenvalue weighted by atomic mass is 15.3. The van der Waals surface area contributed by atoms with Gasteiger partial charge in [0.15, 0.2) is 0 Å². The highest BCUT2D eigenvalue weighted by molar-refractivity contribution is 5.35. The van der Waals surface area contributed by atoms with Crippen LogP contribution in [0.3, 0.4) is 0 Å². The van der Waals surface area contributed by atoms with E-state index in [1.54, 1.807) is 12.3 Å². The van der Waals surface area contributed by atoms with Crippen molar-refractivity contribution in [1.29, 1.82) is 5.26 Å². The molecule has 5 heteroatoms. The molecule has 0 spiro atoms. The topological polar surface area (TPSA) is 56.0 Å². The van der Waals surface area contributed by atoms with Crippen molar-refractivity contribution < 1.29 is 0 Å². The van der Waals surface area contributed by atoms with Gasteiger partial charge in [0.2, 0.25) is 5.95 Å². The fraction of sp³-hybridized carbons (Fsp3) is 0.583. The van der Waals surface area contributed by atoms with E-state index in [1.807, 2.05) is 0 Å². The van der Waals surface area contributed by atoms with E-state index in [0.717, 1.165) is 26.1 Å². The summed E-state index contributed by atoms with van der Waals surface area (Å²) in [5, 5.41) is 8.86. The summed E-state index contributed by atoms with van der Waals surface area (Å²) in [6, 6.07) is 4.07. The van der Waals surface area contributed by atoms with E-state index in [2.05, 4.69) is 39.8 Å². The molecule has 1 aromatic heterocycles. The lowest BCUT2D eigenvalue weighted by atomic mass is 10.3. The van der Waals surface area contributed by atoms with Crippen LogP contribution in [0, 0.1) is 11.3 Å². The third-order valence-corrected chi connectivity index (χ3v) is 3.06. The molecule has 1 unspecified atom stereocenters. The maximum Gasteiger partial charge on any atom is 0.226 e. The van der Waals surface area contributed by atoms with Gasteiger partial charge in [0.1, 0.15) is 11.8 Å². The Balaban J connectivity index is 2.22. The molecule has 1 aromatic rings. The summed E-state index contributed by atoms with van der Waals surface area (Å²) < 4.78 is 0. The van der Waals surface area contributed by atoms with E-state index >= 15 is 0 Å². The van der Waals surface area contributed by atoms with E-state index in [-0.39, 0.29) is 0 Å². The second-order valence-corrected chi connectivity index (χ2v) is 4.51. The molecule has 0 N–H and O–H groups in total. The van der Waals surface area contributed by atoms with Crippen molar-refractivity contribution in [3.63, 3.8) is 0 Å². The van der Waals surface area contributed by atoms with Gasteiger partial charge in [-0.25, -0.2) is 9.97 Å². The molecule has 0 radical (unpaired) electrons. The average Bonchev–Trinajstić information content (AvgIpc) is 2.50. The monoisotopic (exact) mass is 231 g/mol. The molecule has 2 rings (SSSR count). The molecule has 1 aliphatic heterocycles. The predicted molar refractivity (Wildman–Crippen MR) is 65.7 cm³/mol. The maximum atomic E-state index is 8.86. The van der Waals surface area contributed by atoms with Crippen molar-refractivity contribution in [2.45, 2.75) is 19.4 Å². The lowest BCUT2D eigenvalue weighted by Gasteiger charge is -2.27. The van der Waals surface area contributed by atoms with Gasteiger partial charge in [-0.05, 0) is 33.0 Å². The normalized spacial score (nSPS) is 21.9. The number of hydrogen-bond acceptors (Lipinski definition) is 5. The van der Waals surface area contributed by atoms with Gasteiger partial charge in [-0.3, -0.25) is 0 Å². The molecule has 17 heavy (non-hydrogen) atoms. The SMILES string of the molecule is CC1CN(C)CCCN1c1nccc(C#N)n1. The lowest BCUT2D eigenvalue weighted by Crippen LogP contribution is -2.39. The van der Waals surface area contributed by atoms with Crippen molar-refractivity contribution >= 4 is 5.95 Å². The van der Waals surface area contributed by atoms with Gasteiger partial charge in [0.05, 0.1) is 0 Å². The molecular weight excluding hydrogens is 214 g/mol. The molecule has 5 nitrogen and oxygen atoms in total. The summed E-state index contributed by atoms with van der Waals surface area (Å²) in [5.74, 6) is 0.673. The molecule has 0 aliphatic carbocycles. The largest absolute Gasteiger partial charge is 0.337 e. The zero-order chi connectivity index (χ0) is 12.3. The van der Waals surface area contributed by atoms with Crippen molar-refractivity contribution in [3.05, 3.63) is 18.0 Å². The summed E-state index contributed by atoms with van der Waals surface area (Å²) in [6.45, 7) is 5.21. The Kier molecular flexibility index (Phi) is 3.55. The Morgan fingerprint density at radius 1 is 1.47 bits per heavy atom. The number of likely N-dealkylation sites (N-methyl/N-ethyl adjacent to an activating group) is 1. The quantitative estimate of drug-likeness (QED) is 0.718. The molecule has 90 valence electrons. The summed E-state index contributed by atoms with van der Waals surface area (Å²) >= 11 is 0. The van der Waals surface area contributed by atoms with Crippen molar-refractivity contribution in [3.8, 4) is 6.07 Å². The van der Waals surface area contributed by atoms with Gasteiger partial charge >= 0.3 is 0 Å². The number of nitrogens with zero attached hydrogens (tertiary/aromatic N) is 5. The van der Waals surface area contributed by atoms with E-state index in [4.69, 9.17) is 5.26 Å². The van der Waals surface area contributed by atoms with Crippen molar-refractivity contribution in [2.24, 2.45) is 0 Å². The number of aromatic nitrogens is 2. The van der Waals surface area contributed by atoms with Gasteiger partial charge in [0, 0.05) is 25.3 Å².